The number of hydrogen-bond donors (Lipinski definition) is 1. The summed E-state index contributed by atoms with van der Waals surface area (Å²) >= 11 is 0. The molecule has 6 rings (SSSR count). The van der Waals surface area contributed by atoms with Gasteiger partial charge in [-0.05, 0) is 134 Å². The van der Waals surface area contributed by atoms with E-state index in [4.69, 9.17) is 0 Å². The van der Waals surface area contributed by atoms with Crippen LogP contribution in [0, 0.1) is 52.3 Å². The summed E-state index contributed by atoms with van der Waals surface area (Å²) in [6.07, 6.45) is 23.0. The zero-order valence-electron chi connectivity index (χ0n) is 24.3. The minimum Gasteiger partial charge on any atom is -0.313 e. The average molecular weight is 501 g/mol. The maximum atomic E-state index is 4.46. The summed E-state index contributed by atoms with van der Waals surface area (Å²) in [6.45, 7) is 13.9. The maximum Gasteiger partial charge on any atom is 0.0343 e. The van der Waals surface area contributed by atoms with E-state index in [1.165, 1.54) is 76.3 Å². The molecule has 1 aromatic heterocycles. The van der Waals surface area contributed by atoms with Gasteiger partial charge < -0.3 is 5.32 Å². The second-order valence-electron chi connectivity index (χ2n) is 14.5. The second-order valence-corrected chi connectivity index (χ2v) is 14.5. The molecule has 2 heteroatoms. The van der Waals surface area contributed by atoms with Crippen molar-refractivity contribution in [2.75, 3.05) is 6.54 Å². The molecule has 0 aliphatic heterocycles. The zero-order chi connectivity index (χ0) is 25.8. The van der Waals surface area contributed by atoms with Crippen LogP contribution in [0.1, 0.15) is 104 Å². The van der Waals surface area contributed by atoms with Crippen LogP contribution in [0.4, 0.5) is 0 Å². The highest BCUT2D eigenvalue weighted by Gasteiger charge is 2.56. The van der Waals surface area contributed by atoms with Crippen LogP contribution in [-0.4, -0.2) is 17.6 Å². The van der Waals surface area contributed by atoms with Gasteiger partial charge in [-0.2, -0.15) is 0 Å². The third kappa shape index (κ3) is 4.38. The van der Waals surface area contributed by atoms with Crippen molar-refractivity contribution < 1.29 is 0 Å². The lowest BCUT2D eigenvalue weighted by molar-refractivity contribution is -0.0148. The maximum absolute atomic E-state index is 4.46. The minimum absolute atomic E-state index is 0.331. The molecule has 1 aromatic rings. The van der Waals surface area contributed by atoms with Crippen LogP contribution in [0.5, 0.6) is 0 Å². The van der Waals surface area contributed by atoms with E-state index in [9.17, 15) is 0 Å². The van der Waals surface area contributed by atoms with Crippen molar-refractivity contribution >= 4 is 5.57 Å². The monoisotopic (exact) mass is 500 g/mol. The molecule has 202 valence electrons. The molecular formula is C35H52N2. The average Bonchev–Trinajstić information content (AvgIpc) is 3.26. The minimum atomic E-state index is 0.331. The van der Waals surface area contributed by atoms with Crippen LogP contribution in [0.25, 0.3) is 5.57 Å². The molecule has 5 aliphatic rings. The molecule has 10 atom stereocenters. The van der Waals surface area contributed by atoms with Gasteiger partial charge in [-0.3, -0.25) is 4.98 Å². The molecular weight excluding hydrogens is 448 g/mol. The van der Waals surface area contributed by atoms with Gasteiger partial charge in [-0.25, -0.2) is 0 Å². The first kappa shape index (κ1) is 25.8. The fraction of sp³-hybridized carbons (Fsp3) is 0.743. The standard InChI is InChI=1S/C35H52N2/c1-6-26-20-33(24(3)18-23(26)2)37-21-25-13-15-34(4)28(19-25)9-10-29-31-12-11-30(27-8-7-17-36-22-27)35(31,5)16-14-32(29)34/h7-9,11,17,22-26,29,31-33,37H,6,10,12-16,18-21H2,1-5H3. The van der Waals surface area contributed by atoms with Gasteiger partial charge in [0.1, 0.15) is 0 Å². The lowest BCUT2D eigenvalue weighted by Crippen LogP contribution is -2.50. The molecule has 0 saturated heterocycles. The lowest BCUT2D eigenvalue weighted by Gasteiger charge is -2.58. The van der Waals surface area contributed by atoms with E-state index in [2.05, 4.69) is 75.4 Å². The van der Waals surface area contributed by atoms with Gasteiger partial charge in [0, 0.05) is 18.4 Å². The largest absolute Gasteiger partial charge is 0.313 e. The Bertz CT molecular complexity index is 1020. The van der Waals surface area contributed by atoms with E-state index in [0.29, 0.717) is 10.8 Å². The smallest absolute Gasteiger partial charge is 0.0343 e. The Hall–Kier alpha value is -1.41. The molecule has 1 heterocycles. The molecule has 1 N–H and O–H groups in total. The number of rotatable bonds is 5. The number of pyridine rings is 1. The van der Waals surface area contributed by atoms with E-state index in [0.717, 1.165) is 47.5 Å². The SMILES string of the molecule is CCC1CC(NCC2CCC3(C)C(=CCC4C3CCC3(C)C(c5cccnc5)=CCC43)C2)C(C)CC1C. The van der Waals surface area contributed by atoms with E-state index < -0.39 is 0 Å². The highest BCUT2D eigenvalue weighted by Crippen LogP contribution is 2.66. The van der Waals surface area contributed by atoms with Crippen LogP contribution in [0.15, 0.2) is 42.3 Å². The zero-order valence-corrected chi connectivity index (χ0v) is 24.3. The van der Waals surface area contributed by atoms with Gasteiger partial charge in [0.15, 0.2) is 0 Å². The van der Waals surface area contributed by atoms with Crippen molar-refractivity contribution in [2.45, 2.75) is 105 Å². The van der Waals surface area contributed by atoms with Gasteiger partial charge in [-0.1, -0.05) is 64.8 Å². The van der Waals surface area contributed by atoms with E-state index >= 15 is 0 Å². The topological polar surface area (TPSA) is 24.9 Å². The van der Waals surface area contributed by atoms with Gasteiger partial charge >= 0.3 is 0 Å². The van der Waals surface area contributed by atoms with Crippen molar-refractivity contribution in [3.05, 3.63) is 47.8 Å². The number of nitrogens with one attached hydrogen (secondary N) is 1. The molecule has 0 amide bonds. The molecule has 0 spiro atoms. The molecule has 0 bridgehead atoms. The van der Waals surface area contributed by atoms with Gasteiger partial charge in [0.25, 0.3) is 0 Å². The summed E-state index contributed by atoms with van der Waals surface area (Å²) in [5, 5.41) is 4.11. The van der Waals surface area contributed by atoms with Crippen molar-refractivity contribution in [2.24, 2.45) is 52.3 Å². The summed E-state index contributed by atoms with van der Waals surface area (Å²) in [5.41, 5.74) is 5.57. The highest BCUT2D eigenvalue weighted by molar-refractivity contribution is 5.72. The number of fused-ring (bicyclic) bond motifs is 5. The van der Waals surface area contributed by atoms with Crippen molar-refractivity contribution in [1.82, 2.24) is 10.3 Å². The van der Waals surface area contributed by atoms with Crippen molar-refractivity contribution in [3.8, 4) is 0 Å². The first-order chi connectivity index (χ1) is 17.8. The molecule has 2 nitrogen and oxygen atoms in total. The normalized spacial score (nSPS) is 45.3. The lowest BCUT2D eigenvalue weighted by atomic mass is 9.47. The Labute approximate surface area is 227 Å². The molecule has 3 saturated carbocycles. The number of aromatic nitrogens is 1. The van der Waals surface area contributed by atoms with Crippen molar-refractivity contribution in [3.63, 3.8) is 0 Å². The Morgan fingerprint density at radius 3 is 2.59 bits per heavy atom. The molecule has 5 aliphatic carbocycles. The van der Waals surface area contributed by atoms with Crippen LogP contribution in [0.2, 0.25) is 0 Å². The summed E-state index contributed by atoms with van der Waals surface area (Å²) < 4.78 is 0. The fourth-order valence-electron chi connectivity index (χ4n) is 10.4. The van der Waals surface area contributed by atoms with Gasteiger partial charge in [0.2, 0.25) is 0 Å². The quantitative estimate of drug-likeness (QED) is 0.409. The molecule has 3 fully saturated rings. The molecule has 0 radical (unpaired) electrons. The predicted molar refractivity (Wildman–Crippen MR) is 156 cm³/mol. The Kier molecular flexibility index (Phi) is 6.96. The van der Waals surface area contributed by atoms with Gasteiger partial charge in [-0.15, -0.1) is 0 Å². The highest BCUT2D eigenvalue weighted by atomic mass is 14.9. The molecule has 37 heavy (non-hydrogen) atoms. The van der Waals surface area contributed by atoms with Crippen LogP contribution >= 0.6 is 0 Å². The summed E-state index contributed by atoms with van der Waals surface area (Å²) in [7, 11) is 0. The van der Waals surface area contributed by atoms with Gasteiger partial charge in [0.05, 0.1) is 0 Å². The number of hydrogen-bond acceptors (Lipinski definition) is 2. The Morgan fingerprint density at radius 1 is 0.973 bits per heavy atom. The molecule has 10 unspecified atom stereocenters. The molecule has 0 aromatic carbocycles. The number of nitrogens with zero attached hydrogens (tertiary/aromatic N) is 1. The second kappa shape index (κ2) is 9.96. The summed E-state index contributed by atoms with van der Waals surface area (Å²) in [5.74, 6) is 6.02. The third-order valence-electron chi connectivity index (χ3n) is 12.7. The predicted octanol–water partition coefficient (Wildman–Crippen LogP) is 8.70. The fourth-order valence-corrected chi connectivity index (χ4v) is 10.4. The number of allylic oxidation sites excluding steroid dienone is 4. The van der Waals surface area contributed by atoms with Crippen LogP contribution in [0.3, 0.4) is 0 Å². The first-order valence-electron chi connectivity index (χ1n) is 15.9. The Balaban J connectivity index is 1.12. The summed E-state index contributed by atoms with van der Waals surface area (Å²) in [6, 6.07) is 5.13. The summed E-state index contributed by atoms with van der Waals surface area (Å²) in [4.78, 5) is 4.46. The van der Waals surface area contributed by atoms with E-state index in [1.54, 1.807) is 5.57 Å². The van der Waals surface area contributed by atoms with Crippen LogP contribution in [-0.2, 0) is 0 Å². The van der Waals surface area contributed by atoms with E-state index in [1.807, 2.05) is 11.8 Å². The third-order valence-corrected chi connectivity index (χ3v) is 12.7. The van der Waals surface area contributed by atoms with E-state index in [-0.39, 0.29) is 0 Å². The van der Waals surface area contributed by atoms with Crippen LogP contribution < -0.4 is 5.32 Å². The van der Waals surface area contributed by atoms with Crippen molar-refractivity contribution in [1.29, 1.82) is 0 Å². The first-order valence-corrected chi connectivity index (χ1v) is 15.9. The Morgan fingerprint density at radius 2 is 1.81 bits per heavy atom.